The first kappa shape index (κ1) is 20.7. The summed E-state index contributed by atoms with van der Waals surface area (Å²) in [6, 6.07) is 7.35. The maximum atomic E-state index is 12.7. The minimum atomic E-state index is -0.897. The summed E-state index contributed by atoms with van der Waals surface area (Å²) < 4.78 is 6.15. The topological polar surface area (TPSA) is 87.7 Å². The van der Waals surface area contributed by atoms with Gasteiger partial charge in [-0.1, -0.05) is 44.2 Å². The third-order valence-corrected chi connectivity index (χ3v) is 6.46. The fourth-order valence-corrected chi connectivity index (χ4v) is 4.73. The van der Waals surface area contributed by atoms with Gasteiger partial charge in [-0.2, -0.15) is 0 Å². The molecule has 30 heavy (non-hydrogen) atoms. The van der Waals surface area contributed by atoms with Crippen LogP contribution in [0, 0.1) is 0 Å². The van der Waals surface area contributed by atoms with Crippen LogP contribution in [0.4, 0.5) is 0 Å². The smallest absolute Gasteiger partial charge is 0.258 e. The van der Waals surface area contributed by atoms with Crippen LogP contribution in [0.5, 0.6) is 5.75 Å². The maximum Gasteiger partial charge on any atom is 0.258 e. The van der Waals surface area contributed by atoms with Crippen LogP contribution < -0.4 is 15.4 Å². The molecule has 1 aromatic rings. The fourth-order valence-electron chi connectivity index (χ4n) is 4.73. The fraction of sp³-hybridized carbons (Fsp3) is 0.609. The van der Waals surface area contributed by atoms with Crippen LogP contribution in [0.2, 0.25) is 0 Å². The SMILES string of the molecule is O=C(CN1CCC2(CCC1=O)NC(=O)c1ccccc1O2)NC1CCCCCCC1. The molecule has 1 saturated carbocycles. The van der Waals surface area contributed by atoms with Crippen LogP contribution in [0.15, 0.2) is 24.3 Å². The Morgan fingerprint density at radius 2 is 1.83 bits per heavy atom. The Bertz CT molecular complexity index is 803. The second-order valence-electron chi connectivity index (χ2n) is 8.72. The van der Waals surface area contributed by atoms with E-state index in [1.165, 1.54) is 19.3 Å². The number of benzene rings is 1. The van der Waals surface area contributed by atoms with Gasteiger partial charge in [-0.25, -0.2) is 0 Å². The standard InChI is InChI=1S/C23H31N3O4/c27-20(24-17-8-4-2-1-3-5-9-17)16-26-15-14-23(13-12-21(26)28)25-22(29)18-10-6-7-11-19(18)30-23/h6-7,10-11,17H,1-5,8-9,12-16H2,(H,24,27)(H,25,29). The molecule has 2 fully saturated rings. The van der Waals surface area contributed by atoms with Crippen LogP contribution in [-0.2, 0) is 9.59 Å². The van der Waals surface area contributed by atoms with Crippen LogP contribution in [0.25, 0.3) is 0 Å². The van der Waals surface area contributed by atoms with Gasteiger partial charge in [0.05, 0.1) is 12.1 Å². The molecule has 1 aliphatic carbocycles. The summed E-state index contributed by atoms with van der Waals surface area (Å²) in [7, 11) is 0. The van der Waals surface area contributed by atoms with Crippen molar-refractivity contribution in [2.45, 2.75) is 76.0 Å². The van der Waals surface area contributed by atoms with E-state index >= 15 is 0 Å². The summed E-state index contributed by atoms with van der Waals surface area (Å²) in [5.74, 6) is 0.198. The van der Waals surface area contributed by atoms with Gasteiger partial charge < -0.3 is 20.3 Å². The van der Waals surface area contributed by atoms with E-state index in [-0.39, 0.29) is 36.7 Å². The molecule has 1 spiro atoms. The molecule has 0 aromatic heterocycles. The van der Waals surface area contributed by atoms with Crippen molar-refractivity contribution in [2.75, 3.05) is 13.1 Å². The molecule has 2 N–H and O–H groups in total. The molecular formula is C23H31N3O4. The van der Waals surface area contributed by atoms with E-state index in [9.17, 15) is 14.4 Å². The number of hydrogen-bond donors (Lipinski definition) is 2. The number of fused-ring (bicyclic) bond motifs is 1. The zero-order valence-corrected chi connectivity index (χ0v) is 17.5. The van der Waals surface area contributed by atoms with Gasteiger partial charge in [0, 0.05) is 31.8 Å². The normalized spacial score (nSPS) is 25.4. The molecule has 2 aliphatic heterocycles. The van der Waals surface area contributed by atoms with Crippen LogP contribution >= 0.6 is 0 Å². The lowest BCUT2D eigenvalue weighted by molar-refractivity contribution is -0.135. The van der Waals surface area contributed by atoms with E-state index in [1.54, 1.807) is 23.1 Å². The number of carbonyl (C=O) groups is 3. The van der Waals surface area contributed by atoms with Crippen molar-refractivity contribution in [3.8, 4) is 5.75 Å². The maximum absolute atomic E-state index is 12.7. The quantitative estimate of drug-likeness (QED) is 0.798. The highest BCUT2D eigenvalue weighted by molar-refractivity contribution is 5.98. The van der Waals surface area contributed by atoms with Crippen LogP contribution in [0.1, 0.15) is 74.6 Å². The number of carbonyl (C=O) groups excluding carboxylic acids is 3. The number of amides is 3. The van der Waals surface area contributed by atoms with Crippen molar-refractivity contribution in [3.63, 3.8) is 0 Å². The lowest BCUT2D eigenvalue weighted by Crippen LogP contribution is -2.56. The van der Waals surface area contributed by atoms with E-state index in [1.807, 2.05) is 6.07 Å². The lowest BCUT2D eigenvalue weighted by Gasteiger charge is -2.38. The van der Waals surface area contributed by atoms with Crippen molar-refractivity contribution in [2.24, 2.45) is 0 Å². The average molecular weight is 414 g/mol. The monoisotopic (exact) mass is 413 g/mol. The van der Waals surface area contributed by atoms with Crippen molar-refractivity contribution in [1.82, 2.24) is 15.5 Å². The molecule has 7 heteroatoms. The van der Waals surface area contributed by atoms with Gasteiger partial charge in [-0.15, -0.1) is 0 Å². The Morgan fingerprint density at radius 3 is 2.63 bits per heavy atom. The molecule has 1 atom stereocenters. The minimum absolute atomic E-state index is 0.0654. The summed E-state index contributed by atoms with van der Waals surface area (Å²) >= 11 is 0. The van der Waals surface area contributed by atoms with E-state index in [2.05, 4.69) is 10.6 Å². The zero-order chi connectivity index (χ0) is 21.0. The first-order chi connectivity index (χ1) is 14.5. The number of para-hydroxylation sites is 1. The highest BCUT2D eigenvalue weighted by atomic mass is 16.5. The first-order valence-corrected chi connectivity index (χ1v) is 11.2. The Hall–Kier alpha value is -2.57. The van der Waals surface area contributed by atoms with Gasteiger partial charge in [0.1, 0.15) is 5.75 Å². The zero-order valence-electron chi connectivity index (χ0n) is 17.5. The molecule has 0 bridgehead atoms. The van der Waals surface area contributed by atoms with Gasteiger partial charge in [-0.05, 0) is 25.0 Å². The predicted octanol–water partition coefficient (Wildman–Crippen LogP) is 2.75. The van der Waals surface area contributed by atoms with Gasteiger partial charge in [0.2, 0.25) is 11.8 Å². The Morgan fingerprint density at radius 1 is 1.10 bits per heavy atom. The summed E-state index contributed by atoms with van der Waals surface area (Å²) in [6.07, 6.45) is 9.16. The summed E-state index contributed by atoms with van der Waals surface area (Å²) in [5, 5.41) is 6.09. The van der Waals surface area contributed by atoms with Crippen molar-refractivity contribution >= 4 is 17.7 Å². The predicted molar refractivity (Wildman–Crippen MR) is 112 cm³/mol. The average Bonchev–Trinajstić information content (AvgIpc) is 2.84. The Kier molecular flexibility index (Phi) is 6.25. The molecule has 0 radical (unpaired) electrons. The molecule has 7 nitrogen and oxygen atoms in total. The van der Waals surface area contributed by atoms with Crippen molar-refractivity contribution < 1.29 is 19.1 Å². The van der Waals surface area contributed by atoms with E-state index in [0.717, 1.165) is 25.7 Å². The van der Waals surface area contributed by atoms with Gasteiger partial charge in [0.25, 0.3) is 5.91 Å². The lowest BCUT2D eigenvalue weighted by atomic mass is 9.97. The molecule has 162 valence electrons. The summed E-state index contributed by atoms with van der Waals surface area (Å²) in [6.45, 7) is 0.440. The summed E-state index contributed by atoms with van der Waals surface area (Å²) in [5.41, 5.74) is -0.389. The highest BCUT2D eigenvalue weighted by Gasteiger charge is 2.42. The second kappa shape index (κ2) is 9.06. The van der Waals surface area contributed by atoms with Crippen molar-refractivity contribution in [1.29, 1.82) is 0 Å². The molecule has 2 heterocycles. The van der Waals surface area contributed by atoms with E-state index in [4.69, 9.17) is 4.74 Å². The molecule has 1 saturated heterocycles. The number of hydrogen-bond acceptors (Lipinski definition) is 4. The third kappa shape index (κ3) is 4.77. The highest BCUT2D eigenvalue weighted by Crippen LogP contribution is 2.33. The Balaban J connectivity index is 1.36. The Labute approximate surface area is 177 Å². The molecule has 3 amide bonds. The number of nitrogens with zero attached hydrogens (tertiary/aromatic N) is 1. The molecule has 4 rings (SSSR count). The number of ether oxygens (including phenoxy) is 1. The van der Waals surface area contributed by atoms with Crippen molar-refractivity contribution in [3.05, 3.63) is 29.8 Å². The molecule has 1 aromatic carbocycles. The minimum Gasteiger partial charge on any atom is -0.467 e. The third-order valence-electron chi connectivity index (χ3n) is 6.46. The second-order valence-corrected chi connectivity index (χ2v) is 8.72. The van der Waals surface area contributed by atoms with Crippen LogP contribution in [0.3, 0.4) is 0 Å². The summed E-state index contributed by atoms with van der Waals surface area (Å²) in [4.78, 5) is 39.4. The van der Waals surface area contributed by atoms with Gasteiger partial charge >= 0.3 is 0 Å². The molecule has 3 aliphatic rings. The number of rotatable bonds is 3. The number of nitrogens with one attached hydrogen (secondary N) is 2. The van der Waals surface area contributed by atoms with Crippen LogP contribution in [-0.4, -0.2) is 47.5 Å². The number of likely N-dealkylation sites (tertiary alicyclic amines) is 1. The molecule has 1 unspecified atom stereocenters. The first-order valence-electron chi connectivity index (χ1n) is 11.2. The van der Waals surface area contributed by atoms with Gasteiger partial charge in [-0.3, -0.25) is 14.4 Å². The van der Waals surface area contributed by atoms with E-state index < -0.39 is 5.72 Å². The molecular weight excluding hydrogens is 382 g/mol. The van der Waals surface area contributed by atoms with Gasteiger partial charge in [0.15, 0.2) is 5.72 Å². The van der Waals surface area contributed by atoms with E-state index in [0.29, 0.717) is 30.7 Å². The largest absolute Gasteiger partial charge is 0.467 e.